The van der Waals surface area contributed by atoms with Gasteiger partial charge in [0.1, 0.15) is 5.78 Å². The monoisotopic (exact) mass is 245 g/mol. The standard InChI is InChI=1S/C16H23NO/c1-2-12(11-17)16(18)10-14-8-5-7-13-6-3-4-9-15(13)14/h3-4,6,9,12,14H,2,5,7-8,10-11,17H2,1H3. The summed E-state index contributed by atoms with van der Waals surface area (Å²) in [6.07, 6.45) is 5.05. The molecular formula is C16H23NO. The normalized spacial score (nSPS) is 20.2. The van der Waals surface area contributed by atoms with Gasteiger partial charge in [-0.1, -0.05) is 31.2 Å². The molecule has 18 heavy (non-hydrogen) atoms. The lowest BCUT2D eigenvalue weighted by Gasteiger charge is -2.26. The highest BCUT2D eigenvalue weighted by molar-refractivity contribution is 5.82. The Kier molecular flexibility index (Phi) is 4.54. The van der Waals surface area contributed by atoms with E-state index in [-0.39, 0.29) is 5.92 Å². The second-order valence-electron chi connectivity index (χ2n) is 5.30. The van der Waals surface area contributed by atoms with Gasteiger partial charge >= 0.3 is 0 Å². The van der Waals surface area contributed by atoms with Crippen LogP contribution in [0.25, 0.3) is 0 Å². The van der Waals surface area contributed by atoms with Crippen molar-refractivity contribution in [2.75, 3.05) is 6.54 Å². The molecule has 0 saturated carbocycles. The van der Waals surface area contributed by atoms with Gasteiger partial charge in [-0.05, 0) is 42.7 Å². The fraction of sp³-hybridized carbons (Fsp3) is 0.562. The first kappa shape index (κ1) is 13.3. The molecule has 2 N–H and O–H groups in total. The molecule has 2 atom stereocenters. The van der Waals surface area contributed by atoms with Crippen molar-refractivity contribution in [3.05, 3.63) is 35.4 Å². The van der Waals surface area contributed by atoms with E-state index in [1.165, 1.54) is 17.5 Å². The number of rotatable bonds is 5. The maximum Gasteiger partial charge on any atom is 0.137 e. The summed E-state index contributed by atoms with van der Waals surface area (Å²) in [5.74, 6) is 0.823. The van der Waals surface area contributed by atoms with Crippen LogP contribution >= 0.6 is 0 Å². The molecule has 1 aromatic rings. The van der Waals surface area contributed by atoms with Gasteiger partial charge in [0.2, 0.25) is 0 Å². The third-order valence-electron chi connectivity index (χ3n) is 4.17. The zero-order valence-electron chi connectivity index (χ0n) is 11.2. The fourth-order valence-electron chi connectivity index (χ4n) is 3.00. The first-order valence-corrected chi connectivity index (χ1v) is 7.06. The maximum atomic E-state index is 12.2. The molecule has 0 fully saturated rings. The van der Waals surface area contributed by atoms with Crippen molar-refractivity contribution < 1.29 is 4.79 Å². The van der Waals surface area contributed by atoms with E-state index in [4.69, 9.17) is 5.73 Å². The summed E-state index contributed by atoms with van der Waals surface area (Å²) >= 11 is 0. The highest BCUT2D eigenvalue weighted by Gasteiger charge is 2.24. The Morgan fingerprint density at radius 1 is 1.44 bits per heavy atom. The van der Waals surface area contributed by atoms with E-state index in [1.807, 2.05) is 6.92 Å². The predicted molar refractivity (Wildman–Crippen MR) is 74.6 cm³/mol. The topological polar surface area (TPSA) is 43.1 Å². The van der Waals surface area contributed by atoms with E-state index in [0.717, 1.165) is 19.3 Å². The molecule has 0 saturated heterocycles. The number of carbonyl (C=O) groups is 1. The van der Waals surface area contributed by atoms with E-state index in [2.05, 4.69) is 24.3 Å². The molecule has 2 rings (SSSR count). The molecule has 1 aromatic carbocycles. The van der Waals surface area contributed by atoms with Crippen LogP contribution in [0.2, 0.25) is 0 Å². The largest absolute Gasteiger partial charge is 0.330 e. The Balaban J connectivity index is 2.09. The van der Waals surface area contributed by atoms with Crippen LogP contribution < -0.4 is 5.73 Å². The van der Waals surface area contributed by atoms with E-state index >= 15 is 0 Å². The Labute approximate surface area is 110 Å². The highest BCUT2D eigenvalue weighted by Crippen LogP contribution is 2.34. The van der Waals surface area contributed by atoms with E-state index in [9.17, 15) is 4.79 Å². The van der Waals surface area contributed by atoms with Crippen molar-refractivity contribution >= 4 is 5.78 Å². The molecule has 2 nitrogen and oxygen atoms in total. The lowest BCUT2D eigenvalue weighted by atomic mass is 9.78. The molecular weight excluding hydrogens is 222 g/mol. The second kappa shape index (κ2) is 6.14. The Morgan fingerprint density at radius 3 is 2.94 bits per heavy atom. The van der Waals surface area contributed by atoms with Crippen LogP contribution in [0.15, 0.2) is 24.3 Å². The van der Waals surface area contributed by atoms with Crippen LogP contribution in [0.5, 0.6) is 0 Å². The molecule has 0 amide bonds. The lowest BCUT2D eigenvalue weighted by molar-refractivity contribution is -0.123. The average molecular weight is 245 g/mol. The number of carbonyl (C=O) groups excluding carboxylic acids is 1. The summed E-state index contributed by atoms with van der Waals surface area (Å²) in [4.78, 5) is 12.2. The number of Topliss-reactive ketones (excluding diaryl/α,β-unsaturated/α-hetero) is 1. The third-order valence-corrected chi connectivity index (χ3v) is 4.17. The summed E-state index contributed by atoms with van der Waals surface area (Å²) in [7, 11) is 0. The zero-order chi connectivity index (χ0) is 13.0. The summed E-state index contributed by atoms with van der Waals surface area (Å²) in [6.45, 7) is 2.54. The van der Waals surface area contributed by atoms with Gasteiger partial charge in [-0.25, -0.2) is 0 Å². The van der Waals surface area contributed by atoms with Gasteiger partial charge in [0.05, 0.1) is 0 Å². The molecule has 0 spiro atoms. The smallest absolute Gasteiger partial charge is 0.137 e. The molecule has 2 heteroatoms. The molecule has 0 radical (unpaired) electrons. The number of ketones is 1. The lowest BCUT2D eigenvalue weighted by Crippen LogP contribution is -2.25. The van der Waals surface area contributed by atoms with Gasteiger partial charge in [-0.3, -0.25) is 4.79 Å². The number of aryl methyl sites for hydroxylation is 1. The van der Waals surface area contributed by atoms with Crippen LogP contribution in [0, 0.1) is 5.92 Å². The van der Waals surface area contributed by atoms with Crippen molar-refractivity contribution in [2.24, 2.45) is 11.7 Å². The van der Waals surface area contributed by atoms with Crippen LogP contribution in [0.1, 0.15) is 49.7 Å². The van der Waals surface area contributed by atoms with Crippen LogP contribution in [0.4, 0.5) is 0 Å². The summed E-state index contributed by atoms with van der Waals surface area (Å²) in [6, 6.07) is 8.57. The van der Waals surface area contributed by atoms with E-state index in [1.54, 1.807) is 0 Å². The third kappa shape index (κ3) is 2.81. The number of fused-ring (bicyclic) bond motifs is 1. The van der Waals surface area contributed by atoms with Gasteiger partial charge in [0, 0.05) is 18.9 Å². The number of hydrogen-bond acceptors (Lipinski definition) is 2. The van der Waals surface area contributed by atoms with Crippen molar-refractivity contribution in [3.63, 3.8) is 0 Å². The first-order valence-electron chi connectivity index (χ1n) is 7.06. The molecule has 0 heterocycles. The highest BCUT2D eigenvalue weighted by atomic mass is 16.1. The molecule has 98 valence electrons. The summed E-state index contributed by atoms with van der Waals surface area (Å²) in [5, 5.41) is 0. The quantitative estimate of drug-likeness (QED) is 0.866. The van der Waals surface area contributed by atoms with Crippen LogP contribution in [0.3, 0.4) is 0 Å². The summed E-state index contributed by atoms with van der Waals surface area (Å²) < 4.78 is 0. The minimum absolute atomic E-state index is 0.0547. The molecule has 1 aliphatic carbocycles. The van der Waals surface area contributed by atoms with Crippen molar-refractivity contribution in [3.8, 4) is 0 Å². The van der Waals surface area contributed by atoms with Gasteiger partial charge in [-0.2, -0.15) is 0 Å². The summed E-state index contributed by atoms with van der Waals surface area (Å²) in [5.41, 5.74) is 8.49. The minimum Gasteiger partial charge on any atom is -0.330 e. The van der Waals surface area contributed by atoms with E-state index in [0.29, 0.717) is 24.7 Å². The Morgan fingerprint density at radius 2 is 2.22 bits per heavy atom. The molecule has 0 aliphatic heterocycles. The Hall–Kier alpha value is -1.15. The van der Waals surface area contributed by atoms with Crippen molar-refractivity contribution in [1.82, 2.24) is 0 Å². The molecule has 0 bridgehead atoms. The van der Waals surface area contributed by atoms with Gasteiger partial charge in [0.25, 0.3) is 0 Å². The second-order valence-corrected chi connectivity index (χ2v) is 5.30. The number of nitrogens with two attached hydrogens (primary N) is 1. The molecule has 0 aromatic heterocycles. The number of hydrogen-bond donors (Lipinski definition) is 1. The zero-order valence-corrected chi connectivity index (χ0v) is 11.2. The first-order chi connectivity index (χ1) is 8.76. The van der Waals surface area contributed by atoms with Gasteiger partial charge in [-0.15, -0.1) is 0 Å². The van der Waals surface area contributed by atoms with Crippen LogP contribution in [-0.2, 0) is 11.2 Å². The minimum atomic E-state index is 0.0547. The Bertz CT molecular complexity index is 409. The van der Waals surface area contributed by atoms with Crippen LogP contribution in [-0.4, -0.2) is 12.3 Å². The SMILES string of the molecule is CCC(CN)C(=O)CC1CCCc2ccccc21. The molecule has 2 unspecified atom stereocenters. The number of benzene rings is 1. The van der Waals surface area contributed by atoms with E-state index < -0.39 is 0 Å². The predicted octanol–water partition coefficient (Wildman–Crippen LogP) is 3.05. The maximum absolute atomic E-state index is 12.2. The van der Waals surface area contributed by atoms with Crippen molar-refractivity contribution in [1.29, 1.82) is 0 Å². The average Bonchev–Trinajstić information content (AvgIpc) is 2.40. The van der Waals surface area contributed by atoms with Crippen molar-refractivity contribution in [2.45, 2.75) is 44.9 Å². The molecule has 1 aliphatic rings. The van der Waals surface area contributed by atoms with Gasteiger partial charge < -0.3 is 5.73 Å². The van der Waals surface area contributed by atoms with Gasteiger partial charge in [0.15, 0.2) is 0 Å². The fourth-order valence-corrected chi connectivity index (χ4v) is 3.00.